The van der Waals surface area contributed by atoms with Crippen LogP contribution in [-0.4, -0.2) is 42.9 Å². The normalized spacial score (nSPS) is 20.1. The summed E-state index contributed by atoms with van der Waals surface area (Å²) in [5.41, 5.74) is -0.435. The molecule has 1 heterocycles. The van der Waals surface area contributed by atoms with E-state index in [1.54, 1.807) is 4.90 Å². The molecule has 0 spiro atoms. The maximum absolute atomic E-state index is 11.8. The van der Waals surface area contributed by atoms with E-state index in [2.05, 4.69) is 5.92 Å². The number of rotatable bonds is 3. The zero-order valence-electron chi connectivity index (χ0n) is 10.9. The first kappa shape index (κ1) is 13.9. The van der Waals surface area contributed by atoms with Crippen LogP contribution in [0.2, 0.25) is 0 Å². The van der Waals surface area contributed by atoms with Gasteiger partial charge in [0.15, 0.2) is 0 Å². The second-order valence-electron chi connectivity index (χ2n) is 5.30. The van der Waals surface area contributed by atoms with E-state index in [1.165, 1.54) is 0 Å². The Labute approximate surface area is 103 Å². The van der Waals surface area contributed by atoms with Crippen LogP contribution < -0.4 is 0 Å². The van der Waals surface area contributed by atoms with E-state index >= 15 is 0 Å². The SMILES string of the molecule is C#CCOCC1CCN(C(=O)OC(C)(C)C)C1. The molecule has 96 valence electrons. The van der Waals surface area contributed by atoms with Gasteiger partial charge in [-0.05, 0) is 27.2 Å². The Balaban J connectivity index is 2.30. The molecule has 1 aliphatic heterocycles. The first-order valence-corrected chi connectivity index (χ1v) is 5.91. The van der Waals surface area contributed by atoms with Gasteiger partial charge < -0.3 is 14.4 Å². The van der Waals surface area contributed by atoms with Gasteiger partial charge in [0.05, 0.1) is 6.61 Å². The molecule has 4 heteroatoms. The van der Waals surface area contributed by atoms with Gasteiger partial charge in [0.2, 0.25) is 0 Å². The number of hydrogen-bond acceptors (Lipinski definition) is 3. The standard InChI is InChI=1S/C13H21NO3/c1-5-8-16-10-11-6-7-14(9-11)12(15)17-13(2,3)4/h1,11H,6-10H2,2-4H3. The minimum absolute atomic E-state index is 0.239. The van der Waals surface area contributed by atoms with Crippen molar-refractivity contribution >= 4 is 6.09 Å². The Hall–Kier alpha value is -1.21. The van der Waals surface area contributed by atoms with Gasteiger partial charge in [-0.15, -0.1) is 6.42 Å². The van der Waals surface area contributed by atoms with Crippen LogP contribution in [-0.2, 0) is 9.47 Å². The predicted octanol–water partition coefficient (Wildman–Crippen LogP) is 1.89. The molecule has 0 aromatic carbocycles. The van der Waals surface area contributed by atoms with Crippen LogP contribution >= 0.6 is 0 Å². The second kappa shape index (κ2) is 5.92. The average Bonchev–Trinajstić information content (AvgIpc) is 2.64. The third-order valence-electron chi connectivity index (χ3n) is 2.48. The van der Waals surface area contributed by atoms with Gasteiger partial charge in [-0.25, -0.2) is 4.79 Å². The summed E-state index contributed by atoms with van der Waals surface area (Å²) >= 11 is 0. The highest BCUT2D eigenvalue weighted by molar-refractivity contribution is 5.68. The van der Waals surface area contributed by atoms with Crippen molar-refractivity contribution in [1.29, 1.82) is 0 Å². The highest BCUT2D eigenvalue weighted by Gasteiger charge is 2.29. The highest BCUT2D eigenvalue weighted by Crippen LogP contribution is 2.19. The number of carbonyl (C=O) groups excluding carboxylic acids is 1. The summed E-state index contributed by atoms with van der Waals surface area (Å²) in [6.07, 6.45) is 5.81. The van der Waals surface area contributed by atoms with Crippen LogP contribution in [0.5, 0.6) is 0 Å². The summed E-state index contributed by atoms with van der Waals surface area (Å²) < 4.78 is 10.6. The quantitative estimate of drug-likeness (QED) is 0.557. The smallest absolute Gasteiger partial charge is 0.410 e. The number of likely N-dealkylation sites (tertiary alicyclic amines) is 1. The fraction of sp³-hybridized carbons (Fsp3) is 0.769. The third kappa shape index (κ3) is 5.10. The molecule has 1 amide bonds. The number of terminal acetylenes is 1. The number of carbonyl (C=O) groups is 1. The topological polar surface area (TPSA) is 38.8 Å². The van der Waals surface area contributed by atoms with Gasteiger partial charge in [0, 0.05) is 19.0 Å². The van der Waals surface area contributed by atoms with E-state index in [0.29, 0.717) is 25.7 Å². The van der Waals surface area contributed by atoms with Gasteiger partial charge >= 0.3 is 6.09 Å². The molecule has 1 atom stereocenters. The maximum Gasteiger partial charge on any atom is 0.410 e. The van der Waals surface area contributed by atoms with Crippen molar-refractivity contribution in [3.05, 3.63) is 0 Å². The lowest BCUT2D eigenvalue weighted by atomic mass is 10.1. The molecule has 1 rings (SSSR count). The van der Waals surface area contributed by atoms with E-state index in [-0.39, 0.29) is 6.09 Å². The van der Waals surface area contributed by atoms with Crippen LogP contribution in [0.4, 0.5) is 4.79 Å². The average molecular weight is 239 g/mol. The molecule has 0 bridgehead atoms. The second-order valence-corrected chi connectivity index (χ2v) is 5.30. The van der Waals surface area contributed by atoms with Gasteiger partial charge in [0.1, 0.15) is 12.2 Å². The summed E-state index contributed by atoms with van der Waals surface area (Å²) in [7, 11) is 0. The number of amides is 1. The van der Waals surface area contributed by atoms with E-state index in [0.717, 1.165) is 13.0 Å². The van der Waals surface area contributed by atoms with Crippen LogP contribution in [0, 0.1) is 18.3 Å². The van der Waals surface area contributed by atoms with E-state index in [4.69, 9.17) is 15.9 Å². The zero-order valence-corrected chi connectivity index (χ0v) is 10.9. The first-order chi connectivity index (χ1) is 7.92. The Kier molecular flexibility index (Phi) is 4.83. The molecule has 0 N–H and O–H groups in total. The van der Waals surface area contributed by atoms with Gasteiger partial charge in [0.25, 0.3) is 0 Å². The lowest BCUT2D eigenvalue weighted by Crippen LogP contribution is -2.35. The van der Waals surface area contributed by atoms with Crippen LogP contribution in [0.25, 0.3) is 0 Å². The summed E-state index contributed by atoms with van der Waals surface area (Å²) in [5.74, 6) is 2.80. The first-order valence-electron chi connectivity index (χ1n) is 5.91. The Morgan fingerprint density at radius 3 is 2.82 bits per heavy atom. The van der Waals surface area contributed by atoms with E-state index in [1.807, 2.05) is 20.8 Å². The van der Waals surface area contributed by atoms with Crippen molar-refractivity contribution in [2.45, 2.75) is 32.8 Å². The molecule has 0 aromatic heterocycles. The summed E-state index contributed by atoms with van der Waals surface area (Å²) in [4.78, 5) is 13.5. The summed E-state index contributed by atoms with van der Waals surface area (Å²) in [5, 5.41) is 0. The molecule has 1 fully saturated rings. The van der Waals surface area contributed by atoms with Gasteiger partial charge in [-0.1, -0.05) is 5.92 Å². The molecule has 0 aromatic rings. The fourth-order valence-electron chi connectivity index (χ4n) is 1.75. The molecule has 0 saturated carbocycles. The Morgan fingerprint density at radius 2 is 2.24 bits per heavy atom. The molecule has 0 radical (unpaired) electrons. The number of ether oxygens (including phenoxy) is 2. The molecule has 1 unspecified atom stereocenters. The largest absolute Gasteiger partial charge is 0.444 e. The van der Waals surface area contributed by atoms with E-state index in [9.17, 15) is 4.79 Å². The summed E-state index contributed by atoms with van der Waals surface area (Å²) in [6, 6.07) is 0. The zero-order chi connectivity index (χ0) is 12.9. The van der Waals surface area contributed by atoms with Crippen LogP contribution in [0.3, 0.4) is 0 Å². The van der Waals surface area contributed by atoms with Crippen LogP contribution in [0.1, 0.15) is 27.2 Å². The molecule has 4 nitrogen and oxygen atoms in total. The monoisotopic (exact) mass is 239 g/mol. The predicted molar refractivity (Wildman–Crippen MR) is 65.6 cm³/mol. The lowest BCUT2D eigenvalue weighted by molar-refractivity contribution is 0.0278. The van der Waals surface area contributed by atoms with Crippen molar-refractivity contribution < 1.29 is 14.3 Å². The number of nitrogens with zero attached hydrogens (tertiary/aromatic N) is 1. The molecular formula is C13H21NO3. The minimum Gasteiger partial charge on any atom is -0.444 e. The fourth-order valence-corrected chi connectivity index (χ4v) is 1.75. The summed E-state index contributed by atoms with van der Waals surface area (Å²) in [6.45, 7) is 7.99. The van der Waals surface area contributed by atoms with Crippen molar-refractivity contribution in [3.63, 3.8) is 0 Å². The molecular weight excluding hydrogens is 218 g/mol. The van der Waals surface area contributed by atoms with Crippen molar-refractivity contribution in [2.75, 3.05) is 26.3 Å². The van der Waals surface area contributed by atoms with Crippen molar-refractivity contribution in [3.8, 4) is 12.3 Å². The van der Waals surface area contributed by atoms with Gasteiger partial charge in [-0.3, -0.25) is 0 Å². The van der Waals surface area contributed by atoms with E-state index < -0.39 is 5.60 Å². The van der Waals surface area contributed by atoms with Crippen molar-refractivity contribution in [2.24, 2.45) is 5.92 Å². The Bertz CT molecular complexity index is 301. The molecule has 0 aliphatic carbocycles. The maximum atomic E-state index is 11.8. The molecule has 1 saturated heterocycles. The van der Waals surface area contributed by atoms with Gasteiger partial charge in [-0.2, -0.15) is 0 Å². The third-order valence-corrected chi connectivity index (χ3v) is 2.48. The number of hydrogen-bond donors (Lipinski definition) is 0. The molecule has 17 heavy (non-hydrogen) atoms. The van der Waals surface area contributed by atoms with Crippen molar-refractivity contribution in [1.82, 2.24) is 4.90 Å². The Morgan fingerprint density at radius 1 is 1.53 bits per heavy atom. The highest BCUT2D eigenvalue weighted by atomic mass is 16.6. The van der Waals surface area contributed by atoms with Crippen LogP contribution in [0.15, 0.2) is 0 Å². The lowest BCUT2D eigenvalue weighted by Gasteiger charge is -2.24. The minimum atomic E-state index is -0.435. The molecule has 1 aliphatic rings.